The number of amides is 1. The van der Waals surface area contributed by atoms with Crippen LogP contribution in [0.5, 0.6) is 0 Å². The Kier molecular flexibility index (Phi) is 5.37. The summed E-state index contributed by atoms with van der Waals surface area (Å²) >= 11 is 5.95. The second-order valence-electron chi connectivity index (χ2n) is 7.04. The molecule has 0 unspecified atom stereocenters. The number of fused-ring (bicyclic) bond motifs is 2. The van der Waals surface area contributed by atoms with Crippen LogP contribution in [-0.4, -0.2) is 32.8 Å². The minimum atomic E-state index is -0.295. The van der Waals surface area contributed by atoms with Crippen molar-refractivity contribution in [1.29, 1.82) is 0 Å². The van der Waals surface area contributed by atoms with Gasteiger partial charge in [0.1, 0.15) is 16.9 Å². The van der Waals surface area contributed by atoms with Gasteiger partial charge in [0, 0.05) is 11.1 Å². The molecule has 4 aromatic rings. The third-order valence-corrected chi connectivity index (χ3v) is 5.14. The van der Waals surface area contributed by atoms with Gasteiger partial charge in [0.25, 0.3) is 5.91 Å². The van der Waals surface area contributed by atoms with Crippen molar-refractivity contribution in [2.24, 2.45) is 5.10 Å². The van der Waals surface area contributed by atoms with E-state index in [9.17, 15) is 4.79 Å². The van der Waals surface area contributed by atoms with Crippen molar-refractivity contribution in [2.75, 3.05) is 5.73 Å². The zero-order valence-corrected chi connectivity index (χ0v) is 17.4. The fourth-order valence-corrected chi connectivity index (χ4v) is 3.19. The summed E-state index contributed by atoms with van der Waals surface area (Å²) in [6.45, 7) is 3.94. The van der Waals surface area contributed by atoms with Crippen LogP contribution in [0.1, 0.15) is 36.2 Å². The quantitative estimate of drug-likeness (QED) is 0.472. The van der Waals surface area contributed by atoms with Gasteiger partial charge in [0.2, 0.25) is 0 Å². The molecule has 8 heteroatoms. The monoisotopic (exact) mass is 420 g/mol. The normalized spacial score (nSPS) is 12.6. The van der Waals surface area contributed by atoms with Crippen molar-refractivity contribution in [1.82, 2.24) is 20.0 Å². The van der Waals surface area contributed by atoms with Crippen LogP contribution in [0.4, 0.5) is 5.82 Å². The lowest BCUT2D eigenvalue weighted by Crippen LogP contribution is -2.32. The summed E-state index contributed by atoms with van der Waals surface area (Å²) in [4.78, 5) is 22.3. The highest BCUT2D eigenvalue weighted by atomic mass is 35.5. The van der Waals surface area contributed by atoms with Crippen molar-refractivity contribution in [3.05, 3.63) is 64.7 Å². The lowest BCUT2D eigenvalue weighted by molar-refractivity contribution is 0.0941. The number of benzene rings is 2. The van der Waals surface area contributed by atoms with Crippen LogP contribution in [0.15, 0.2) is 53.6 Å². The molecule has 2 aromatic heterocycles. The van der Waals surface area contributed by atoms with Gasteiger partial charge in [0.15, 0.2) is 5.65 Å². The molecular weight excluding hydrogens is 400 g/mol. The van der Waals surface area contributed by atoms with Gasteiger partial charge in [-0.05, 0) is 43.2 Å². The smallest absolute Gasteiger partial charge is 0.257 e. The minimum Gasteiger partial charge on any atom is -0.383 e. The number of anilines is 1. The number of nitrogens with two attached hydrogens (primary N) is 1. The summed E-state index contributed by atoms with van der Waals surface area (Å²) in [5, 5.41) is 8.08. The van der Waals surface area contributed by atoms with E-state index >= 15 is 0 Å². The third-order valence-electron chi connectivity index (χ3n) is 4.88. The highest BCUT2D eigenvalue weighted by molar-refractivity contribution is 6.30. The molecule has 1 amide bonds. The van der Waals surface area contributed by atoms with E-state index in [1.54, 1.807) is 18.3 Å². The molecule has 0 fully saturated rings. The molecule has 1 atom stereocenters. The van der Waals surface area contributed by atoms with Gasteiger partial charge in [0.05, 0.1) is 17.2 Å². The van der Waals surface area contributed by atoms with Crippen molar-refractivity contribution in [2.45, 2.75) is 26.3 Å². The first-order valence-electron chi connectivity index (χ1n) is 9.65. The molecule has 0 aliphatic carbocycles. The first-order valence-corrected chi connectivity index (χ1v) is 10.0. The van der Waals surface area contributed by atoms with E-state index in [0.29, 0.717) is 27.2 Å². The van der Waals surface area contributed by atoms with Crippen LogP contribution in [0.3, 0.4) is 0 Å². The largest absolute Gasteiger partial charge is 0.383 e. The predicted molar refractivity (Wildman–Crippen MR) is 121 cm³/mol. The van der Waals surface area contributed by atoms with Gasteiger partial charge >= 0.3 is 0 Å². The molecule has 0 spiro atoms. The van der Waals surface area contributed by atoms with Crippen molar-refractivity contribution >= 4 is 51.7 Å². The number of para-hydroxylation sites is 2. The summed E-state index contributed by atoms with van der Waals surface area (Å²) in [6.07, 6.45) is 2.44. The Morgan fingerprint density at radius 2 is 1.87 bits per heavy atom. The SMILES string of the molecule is CC[C@@H](C)NC(=O)c1c(N)n(/N=C\c2ccc(Cl)cc2)c2nc3ccccc3nc12. The van der Waals surface area contributed by atoms with Crippen LogP contribution >= 0.6 is 11.6 Å². The standard InChI is InChI=1S/C22H21ClN6O/c1-3-13(2)26-22(30)18-19-21(28-17-7-5-4-6-16(17)27-19)29(20(18)24)25-12-14-8-10-15(23)11-9-14/h4-13H,3,24H2,1-2H3,(H,26,30)/b25-12-/t13-/m1/s1. The second kappa shape index (κ2) is 8.12. The van der Waals surface area contributed by atoms with Crippen molar-refractivity contribution < 1.29 is 4.79 Å². The number of carbonyl (C=O) groups is 1. The Morgan fingerprint density at radius 3 is 2.53 bits per heavy atom. The average Bonchev–Trinajstić information content (AvgIpc) is 3.01. The molecule has 0 aliphatic rings. The molecule has 0 saturated heterocycles. The lowest BCUT2D eigenvalue weighted by atomic mass is 10.2. The fourth-order valence-electron chi connectivity index (χ4n) is 3.06. The van der Waals surface area contributed by atoms with Gasteiger partial charge in [-0.15, -0.1) is 0 Å². The number of nitrogen functional groups attached to an aromatic ring is 1. The van der Waals surface area contributed by atoms with Gasteiger partial charge < -0.3 is 11.1 Å². The third kappa shape index (κ3) is 3.71. The number of halogens is 1. The lowest BCUT2D eigenvalue weighted by Gasteiger charge is -2.11. The summed E-state index contributed by atoms with van der Waals surface area (Å²) in [7, 11) is 0. The van der Waals surface area contributed by atoms with E-state index in [-0.39, 0.29) is 23.3 Å². The minimum absolute atomic E-state index is 0.00119. The second-order valence-corrected chi connectivity index (χ2v) is 7.47. The molecule has 152 valence electrons. The summed E-state index contributed by atoms with van der Waals surface area (Å²) in [5.74, 6) is -0.108. The van der Waals surface area contributed by atoms with E-state index in [2.05, 4.69) is 20.4 Å². The summed E-state index contributed by atoms with van der Waals surface area (Å²) in [5.41, 5.74) is 9.70. The molecule has 0 aliphatic heterocycles. The van der Waals surface area contributed by atoms with E-state index < -0.39 is 0 Å². The zero-order chi connectivity index (χ0) is 21.3. The molecule has 4 rings (SSSR count). The van der Waals surface area contributed by atoms with Gasteiger partial charge in [-0.25, -0.2) is 9.97 Å². The first-order chi connectivity index (χ1) is 14.5. The molecule has 2 heterocycles. The molecule has 30 heavy (non-hydrogen) atoms. The van der Waals surface area contributed by atoms with Gasteiger partial charge in [-0.3, -0.25) is 4.79 Å². The van der Waals surface area contributed by atoms with Crippen LogP contribution in [0.2, 0.25) is 5.02 Å². The Hall–Kier alpha value is -3.45. The van der Waals surface area contributed by atoms with Gasteiger partial charge in [-0.1, -0.05) is 42.8 Å². The van der Waals surface area contributed by atoms with E-state index in [4.69, 9.17) is 17.3 Å². The molecule has 0 saturated carbocycles. The Morgan fingerprint density at radius 1 is 1.20 bits per heavy atom. The number of nitrogens with one attached hydrogen (secondary N) is 1. The maximum absolute atomic E-state index is 13.0. The Balaban J connectivity index is 1.89. The number of aromatic nitrogens is 3. The topological polar surface area (TPSA) is 98.2 Å². The van der Waals surface area contributed by atoms with Crippen LogP contribution < -0.4 is 11.1 Å². The summed E-state index contributed by atoms with van der Waals surface area (Å²) < 4.78 is 1.45. The number of carbonyl (C=O) groups excluding carboxylic acids is 1. The van der Waals surface area contributed by atoms with Crippen LogP contribution in [0, 0.1) is 0 Å². The van der Waals surface area contributed by atoms with E-state index in [0.717, 1.165) is 12.0 Å². The fraction of sp³-hybridized carbons (Fsp3) is 0.182. The number of rotatable bonds is 5. The predicted octanol–water partition coefficient (Wildman–Crippen LogP) is 4.23. The van der Waals surface area contributed by atoms with E-state index in [1.807, 2.05) is 50.2 Å². The molecule has 3 N–H and O–H groups in total. The molecule has 0 bridgehead atoms. The molecule has 2 aromatic carbocycles. The van der Waals surface area contributed by atoms with Gasteiger partial charge in [-0.2, -0.15) is 9.78 Å². The molecular formula is C22H21ClN6O. The number of nitrogens with zero attached hydrogens (tertiary/aromatic N) is 4. The highest BCUT2D eigenvalue weighted by Gasteiger charge is 2.24. The summed E-state index contributed by atoms with van der Waals surface area (Å²) in [6, 6.07) is 14.7. The Bertz CT molecular complexity index is 1260. The maximum Gasteiger partial charge on any atom is 0.257 e. The zero-order valence-electron chi connectivity index (χ0n) is 16.6. The van der Waals surface area contributed by atoms with E-state index in [1.165, 1.54) is 4.68 Å². The molecule has 7 nitrogen and oxygen atoms in total. The maximum atomic E-state index is 13.0. The van der Waals surface area contributed by atoms with Crippen LogP contribution in [0.25, 0.3) is 22.2 Å². The number of hydrogen-bond acceptors (Lipinski definition) is 5. The Labute approximate surface area is 178 Å². The van der Waals surface area contributed by atoms with Crippen molar-refractivity contribution in [3.8, 4) is 0 Å². The average molecular weight is 421 g/mol. The van der Waals surface area contributed by atoms with Crippen LogP contribution in [-0.2, 0) is 0 Å². The number of hydrogen-bond donors (Lipinski definition) is 2. The van der Waals surface area contributed by atoms with Crippen molar-refractivity contribution in [3.63, 3.8) is 0 Å². The molecule has 0 radical (unpaired) electrons. The highest BCUT2D eigenvalue weighted by Crippen LogP contribution is 2.28. The first kappa shape index (κ1) is 19.8.